The highest BCUT2D eigenvalue weighted by molar-refractivity contribution is 5.93. The van der Waals surface area contributed by atoms with Crippen molar-refractivity contribution in [2.24, 2.45) is 0 Å². The second-order valence-electron chi connectivity index (χ2n) is 5.59. The second kappa shape index (κ2) is 8.00. The summed E-state index contributed by atoms with van der Waals surface area (Å²) in [5.74, 6) is -0.0415. The molecule has 1 fully saturated rings. The van der Waals surface area contributed by atoms with Gasteiger partial charge in [-0.25, -0.2) is 0 Å². The maximum atomic E-state index is 11.9. The van der Waals surface area contributed by atoms with Gasteiger partial charge in [0.1, 0.15) is 0 Å². The lowest BCUT2D eigenvalue weighted by atomic mass is 10.1. The van der Waals surface area contributed by atoms with Gasteiger partial charge in [-0.1, -0.05) is 25.7 Å². The first kappa shape index (κ1) is 15.0. The third-order valence-corrected chi connectivity index (χ3v) is 3.87. The van der Waals surface area contributed by atoms with Gasteiger partial charge in [-0.2, -0.15) is 0 Å². The fraction of sp³-hybridized carbons (Fsp3) is 0.625. The van der Waals surface area contributed by atoms with Crippen molar-refractivity contribution in [3.05, 3.63) is 29.6 Å². The fourth-order valence-electron chi connectivity index (χ4n) is 2.64. The van der Waals surface area contributed by atoms with Gasteiger partial charge in [-0.05, 0) is 31.9 Å². The molecule has 0 aromatic carbocycles. The summed E-state index contributed by atoms with van der Waals surface area (Å²) in [6.07, 6.45) is 9.58. The van der Waals surface area contributed by atoms with Crippen molar-refractivity contribution in [3.63, 3.8) is 0 Å². The predicted octanol–water partition coefficient (Wildman–Crippen LogP) is 2.43. The molecule has 1 amide bonds. The van der Waals surface area contributed by atoms with E-state index in [0.29, 0.717) is 18.2 Å². The highest BCUT2D eigenvalue weighted by Crippen LogP contribution is 2.16. The van der Waals surface area contributed by atoms with Crippen LogP contribution in [-0.2, 0) is 0 Å². The van der Waals surface area contributed by atoms with Crippen molar-refractivity contribution in [3.8, 4) is 0 Å². The molecule has 1 aromatic heterocycles. The summed E-state index contributed by atoms with van der Waals surface area (Å²) in [7, 11) is 0. The molecule has 0 radical (unpaired) electrons. The molecule has 0 bridgehead atoms. The van der Waals surface area contributed by atoms with Crippen LogP contribution in [0, 0.1) is 6.92 Å². The fourth-order valence-corrected chi connectivity index (χ4v) is 2.64. The zero-order valence-corrected chi connectivity index (χ0v) is 12.3. The summed E-state index contributed by atoms with van der Waals surface area (Å²) < 4.78 is 0. The zero-order valence-electron chi connectivity index (χ0n) is 12.3. The lowest BCUT2D eigenvalue weighted by Crippen LogP contribution is -2.36. The number of hydrogen-bond donors (Lipinski definition) is 2. The lowest BCUT2D eigenvalue weighted by molar-refractivity contribution is 0.0953. The van der Waals surface area contributed by atoms with E-state index in [2.05, 4.69) is 15.6 Å². The molecule has 1 heterocycles. The number of nitrogens with one attached hydrogen (secondary N) is 2. The highest BCUT2D eigenvalue weighted by Gasteiger charge is 2.11. The van der Waals surface area contributed by atoms with Crippen molar-refractivity contribution in [1.82, 2.24) is 15.6 Å². The number of pyridine rings is 1. The quantitative estimate of drug-likeness (QED) is 0.641. The predicted molar refractivity (Wildman–Crippen MR) is 80.8 cm³/mol. The Hall–Kier alpha value is -1.42. The summed E-state index contributed by atoms with van der Waals surface area (Å²) in [6, 6.07) is 4.31. The van der Waals surface area contributed by atoms with Gasteiger partial charge < -0.3 is 10.6 Å². The minimum atomic E-state index is -0.0415. The van der Waals surface area contributed by atoms with E-state index in [1.54, 1.807) is 6.20 Å². The van der Waals surface area contributed by atoms with Crippen LogP contribution in [0.5, 0.6) is 0 Å². The van der Waals surface area contributed by atoms with Gasteiger partial charge in [-0.15, -0.1) is 0 Å². The van der Waals surface area contributed by atoms with Crippen LogP contribution in [0.3, 0.4) is 0 Å². The zero-order chi connectivity index (χ0) is 14.2. The van der Waals surface area contributed by atoms with Crippen LogP contribution in [0.1, 0.15) is 54.6 Å². The van der Waals surface area contributed by atoms with E-state index in [0.717, 1.165) is 12.2 Å². The Balaban J connectivity index is 1.65. The largest absolute Gasteiger partial charge is 0.351 e. The molecule has 0 saturated heterocycles. The summed E-state index contributed by atoms with van der Waals surface area (Å²) >= 11 is 0. The molecule has 1 aromatic rings. The first-order valence-electron chi connectivity index (χ1n) is 7.70. The number of rotatable bonds is 5. The number of hydrogen-bond acceptors (Lipinski definition) is 3. The Morgan fingerprint density at radius 2 is 1.95 bits per heavy atom. The Labute approximate surface area is 121 Å². The van der Waals surface area contributed by atoms with Crippen molar-refractivity contribution in [2.75, 3.05) is 13.1 Å². The molecule has 0 unspecified atom stereocenters. The van der Waals surface area contributed by atoms with E-state index in [9.17, 15) is 4.79 Å². The van der Waals surface area contributed by atoms with Gasteiger partial charge >= 0.3 is 0 Å². The van der Waals surface area contributed by atoms with Gasteiger partial charge in [0.15, 0.2) is 0 Å². The molecule has 0 atom stereocenters. The average molecular weight is 275 g/mol. The molecule has 4 heteroatoms. The topological polar surface area (TPSA) is 54.0 Å². The molecular formula is C16H25N3O. The van der Waals surface area contributed by atoms with Crippen LogP contribution in [0.25, 0.3) is 0 Å². The Kier molecular flexibility index (Phi) is 5.99. The van der Waals surface area contributed by atoms with E-state index in [-0.39, 0.29) is 5.91 Å². The van der Waals surface area contributed by atoms with Crippen molar-refractivity contribution < 1.29 is 4.79 Å². The molecule has 1 aliphatic rings. The maximum Gasteiger partial charge on any atom is 0.252 e. The lowest BCUT2D eigenvalue weighted by Gasteiger charge is -2.16. The summed E-state index contributed by atoms with van der Waals surface area (Å²) in [5, 5.41) is 6.48. The molecule has 20 heavy (non-hydrogen) atoms. The van der Waals surface area contributed by atoms with Gasteiger partial charge in [-0.3, -0.25) is 9.78 Å². The third-order valence-electron chi connectivity index (χ3n) is 3.87. The average Bonchev–Trinajstić information content (AvgIpc) is 2.73. The Morgan fingerprint density at radius 3 is 2.60 bits per heavy atom. The summed E-state index contributed by atoms with van der Waals surface area (Å²) in [4.78, 5) is 16.0. The molecule has 1 saturated carbocycles. The molecule has 0 aliphatic heterocycles. The monoisotopic (exact) mass is 275 g/mol. The molecule has 110 valence electrons. The second-order valence-corrected chi connectivity index (χ2v) is 5.59. The molecular weight excluding hydrogens is 250 g/mol. The number of amides is 1. The van der Waals surface area contributed by atoms with Gasteiger partial charge in [0.2, 0.25) is 0 Å². The van der Waals surface area contributed by atoms with Gasteiger partial charge in [0.05, 0.1) is 5.56 Å². The van der Waals surface area contributed by atoms with Gasteiger partial charge in [0, 0.05) is 31.0 Å². The SMILES string of the molecule is Cc1ccc(C(=O)NCCNC2CCCCCC2)cn1. The number of carbonyl (C=O) groups excluding carboxylic acids is 1. The Bertz CT molecular complexity index is 408. The van der Waals surface area contributed by atoms with E-state index >= 15 is 0 Å². The summed E-state index contributed by atoms with van der Waals surface area (Å²) in [6.45, 7) is 3.43. The van der Waals surface area contributed by atoms with Crippen LogP contribution in [0.2, 0.25) is 0 Å². The van der Waals surface area contributed by atoms with Crippen LogP contribution < -0.4 is 10.6 Å². The third kappa shape index (κ3) is 4.93. The van der Waals surface area contributed by atoms with Crippen LogP contribution in [0.4, 0.5) is 0 Å². The van der Waals surface area contributed by atoms with E-state index < -0.39 is 0 Å². The van der Waals surface area contributed by atoms with E-state index in [1.807, 2.05) is 19.1 Å². The number of aryl methyl sites for hydroxylation is 1. The summed E-state index contributed by atoms with van der Waals surface area (Å²) in [5.41, 5.74) is 1.56. The highest BCUT2D eigenvalue weighted by atomic mass is 16.1. The van der Waals surface area contributed by atoms with Crippen LogP contribution >= 0.6 is 0 Å². The van der Waals surface area contributed by atoms with Crippen LogP contribution in [0.15, 0.2) is 18.3 Å². The molecule has 4 nitrogen and oxygen atoms in total. The van der Waals surface area contributed by atoms with E-state index in [4.69, 9.17) is 0 Å². The van der Waals surface area contributed by atoms with Crippen molar-refractivity contribution in [2.45, 2.75) is 51.5 Å². The number of nitrogens with zero attached hydrogens (tertiary/aromatic N) is 1. The first-order chi connectivity index (χ1) is 9.75. The molecule has 0 spiro atoms. The maximum absolute atomic E-state index is 11.9. The minimum Gasteiger partial charge on any atom is -0.351 e. The van der Waals surface area contributed by atoms with Crippen molar-refractivity contribution >= 4 is 5.91 Å². The molecule has 2 N–H and O–H groups in total. The smallest absolute Gasteiger partial charge is 0.252 e. The number of aromatic nitrogens is 1. The van der Waals surface area contributed by atoms with E-state index in [1.165, 1.54) is 38.5 Å². The van der Waals surface area contributed by atoms with Crippen LogP contribution in [-0.4, -0.2) is 30.0 Å². The van der Waals surface area contributed by atoms with Crippen molar-refractivity contribution in [1.29, 1.82) is 0 Å². The van der Waals surface area contributed by atoms with Gasteiger partial charge in [0.25, 0.3) is 5.91 Å². The molecule has 2 rings (SSSR count). The standard InChI is InChI=1S/C16H25N3O/c1-13-8-9-14(12-19-13)16(20)18-11-10-17-15-6-4-2-3-5-7-15/h8-9,12,15,17H,2-7,10-11H2,1H3,(H,18,20). The first-order valence-corrected chi connectivity index (χ1v) is 7.70. The normalized spacial score (nSPS) is 16.6. The minimum absolute atomic E-state index is 0.0415. The Morgan fingerprint density at radius 1 is 1.20 bits per heavy atom. The number of carbonyl (C=O) groups is 1. The molecule has 1 aliphatic carbocycles.